The van der Waals surface area contributed by atoms with E-state index in [0.29, 0.717) is 11.5 Å². The number of benzene rings is 1. The van der Waals surface area contributed by atoms with Crippen LogP contribution < -0.4 is 0 Å². The molecule has 2 heterocycles. The predicted molar refractivity (Wildman–Crippen MR) is 87.8 cm³/mol. The number of rotatable bonds is 4. The average Bonchev–Trinajstić information content (AvgIpc) is 2.56. The summed E-state index contributed by atoms with van der Waals surface area (Å²) in [7, 11) is -3.14. The number of nitrogens with zero attached hydrogens (tertiary/aromatic N) is 2. The van der Waals surface area contributed by atoms with E-state index >= 15 is 0 Å². The molecule has 6 heteroatoms. The van der Waals surface area contributed by atoms with Gasteiger partial charge in [-0.05, 0) is 23.8 Å². The van der Waals surface area contributed by atoms with Crippen molar-refractivity contribution < 1.29 is 13.2 Å². The molecule has 0 N–H and O–H groups in total. The van der Waals surface area contributed by atoms with E-state index in [-0.39, 0.29) is 6.10 Å². The van der Waals surface area contributed by atoms with E-state index < -0.39 is 9.84 Å². The molecule has 0 spiro atoms. The summed E-state index contributed by atoms with van der Waals surface area (Å²) in [5, 5.41) is 0. The van der Waals surface area contributed by atoms with Crippen LogP contribution in [0.4, 0.5) is 0 Å². The van der Waals surface area contributed by atoms with Crippen molar-refractivity contribution in [1.82, 2.24) is 9.88 Å². The molecule has 1 aromatic carbocycles. The molecule has 0 aliphatic carbocycles. The van der Waals surface area contributed by atoms with Gasteiger partial charge in [0, 0.05) is 43.8 Å². The smallest absolute Gasteiger partial charge is 0.175 e. The molecule has 0 bridgehead atoms. The topological polar surface area (TPSA) is 59.5 Å². The molecule has 2 aromatic rings. The van der Waals surface area contributed by atoms with Gasteiger partial charge in [0.2, 0.25) is 0 Å². The highest BCUT2D eigenvalue weighted by Gasteiger charge is 2.22. The third-order valence-electron chi connectivity index (χ3n) is 3.96. The second-order valence-electron chi connectivity index (χ2n) is 5.80. The zero-order valence-corrected chi connectivity index (χ0v) is 13.9. The largest absolute Gasteiger partial charge is 0.371 e. The number of ether oxygens (including phenoxy) is 1. The number of sulfone groups is 1. The molecule has 1 saturated heterocycles. The molecule has 0 amide bonds. The highest BCUT2D eigenvalue weighted by Crippen LogP contribution is 2.22. The van der Waals surface area contributed by atoms with Crippen molar-refractivity contribution in [3.63, 3.8) is 0 Å². The normalized spacial score (nSPS) is 19.6. The van der Waals surface area contributed by atoms with E-state index in [0.717, 1.165) is 30.8 Å². The van der Waals surface area contributed by atoms with Crippen molar-refractivity contribution in [2.45, 2.75) is 17.5 Å². The molecule has 1 aliphatic heterocycles. The van der Waals surface area contributed by atoms with Crippen LogP contribution in [-0.2, 0) is 21.1 Å². The van der Waals surface area contributed by atoms with Gasteiger partial charge < -0.3 is 4.74 Å². The van der Waals surface area contributed by atoms with Crippen molar-refractivity contribution in [2.75, 3.05) is 26.0 Å². The van der Waals surface area contributed by atoms with Crippen LogP contribution in [0.25, 0.3) is 0 Å². The summed E-state index contributed by atoms with van der Waals surface area (Å²) in [6, 6.07) is 11.0. The quantitative estimate of drug-likeness (QED) is 0.858. The van der Waals surface area contributed by atoms with E-state index in [1.165, 1.54) is 6.26 Å². The average molecular weight is 332 g/mol. The number of morpholine rings is 1. The summed E-state index contributed by atoms with van der Waals surface area (Å²) in [6.07, 6.45) is 4.86. The lowest BCUT2D eigenvalue weighted by molar-refractivity contribution is -0.0330. The summed E-state index contributed by atoms with van der Waals surface area (Å²) in [5.74, 6) is 0. The number of hydrogen-bond acceptors (Lipinski definition) is 5. The molecule has 1 atom stereocenters. The lowest BCUT2D eigenvalue weighted by Crippen LogP contribution is -2.37. The summed E-state index contributed by atoms with van der Waals surface area (Å²) in [6.45, 7) is 3.13. The molecule has 0 saturated carbocycles. The first-order valence-corrected chi connectivity index (χ1v) is 9.44. The fourth-order valence-corrected chi connectivity index (χ4v) is 3.34. The molecule has 1 fully saturated rings. The molecule has 23 heavy (non-hydrogen) atoms. The SMILES string of the molecule is CS(=O)(=O)c1ccc(CN2CCO[C@H](c3cccnc3)C2)cc1. The fraction of sp³-hybridized carbons (Fsp3) is 0.353. The van der Waals surface area contributed by atoms with Crippen molar-refractivity contribution in [1.29, 1.82) is 0 Å². The zero-order valence-electron chi connectivity index (χ0n) is 13.1. The molecule has 3 rings (SSSR count). The van der Waals surface area contributed by atoms with Crippen LogP contribution in [0.15, 0.2) is 53.7 Å². The number of hydrogen-bond donors (Lipinski definition) is 0. The van der Waals surface area contributed by atoms with Gasteiger partial charge in [-0.25, -0.2) is 8.42 Å². The van der Waals surface area contributed by atoms with Gasteiger partial charge in [-0.1, -0.05) is 18.2 Å². The first-order chi connectivity index (χ1) is 11.0. The summed E-state index contributed by atoms with van der Waals surface area (Å²) in [4.78, 5) is 6.82. The Bertz CT molecular complexity index is 745. The van der Waals surface area contributed by atoms with Gasteiger partial charge in [0.1, 0.15) is 0 Å². The van der Waals surface area contributed by atoms with Crippen molar-refractivity contribution in [2.24, 2.45) is 0 Å². The molecule has 1 aromatic heterocycles. The van der Waals surface area contributed by atoms with Crippen molar-refractivity contribution in [3.05, 3.63) is 59.9 Å². The third-order valence-corrected chi connectivity index (χ3v) is 5.09. The van der Waals surface area contributed by atoms with Crippen LogP contribution in [-0.4, -0.2) is 44.3 Å². The lowest BCUT2D eigenvalue weighted by Gasteiger charge is -2.33. The molecule has 122 valence electrons. The summed E-state index contributed by atoms with van der Waals surface area (Å²) < 4.78 is 28.8. The minimum absolute atomic E-state index is 0.0349. The van der Waals surface area contributed by atoms with Crippen LogP contribution in [0, 0.1) is 0 Å². The monoisotopic (exact) mass is 332 g/mol. The van der Waals surface area contributed by atoms with Gasteiger partial charge >= 0.3 is 0 Å². The van der Waals surface area contributed by atoms with E-state index in [1.54, 1.807) is 18.3 Å². The second kappa shape index (κ2) is 6.78. The Hall–Kier alpha value is -1.76. The Labute approximate surface area is 136 Å². The van der Waals surface area contributed by atoms with Crippen LogP contribution in [0.5, 0.6) is 0 Å². The Morgan fingerprint density at radius 1 is 1.26 bits per heavy atom. The Morgan fingerprint density at radius 3 is 2.70 bits per heavy atom. The van der Waals surface area contributed by atoms with E-state index in [2.05, 4.69) is 9.88 Å². The van der Waals surface area contributed by atoms with E-state index in [9.17, 15) is 8.42 Å². The maximum absolute atomic E-state index is 11.5. The first kappa shape index (κ1) is 16.1. The number of aromatic nitrogens is 1. The molecule has 1 aliphatic rings. The van der Waals surface area contributed by atoms with Crippen molar-refractivity contribution in [3.8, 4) is 0 Å². The van der Waals surface area contributed by atoms with E-state index in [4.69, 9.17) is 4.74 Å². The predicted octanol–water partition coefficient (Wildman–Crippen LogP) is 2.06. The van der Waals surface area contributed by atoms with Crippen LogP contribution in [0.1, 0.15) is 17.2 Å². The van der Waals surface area contributed by atoms with Gasteiger partial charge in [0.15, 0.2) is 9.84 Å². The first-order valence-electron chi connectivity index (χ1n) is 7.55. The van der Waals surface area contributed by atoms with Crippen LogP contribution >= 0.6 is 0 Å². The molecule has 5 nitrogen and oxygen atoms in total. The van der Waals surface area contributed by atoms with Gasteiger partial charge in [-0.15, -0.1) is 0 Å². The standard InChI is InChI=1S/C17H20N2O3S/c1-23(20,21)16-6-4-14(5-7-16)12-19-9-10-22-17(13-19)15-3-2-8-18-11-15/h2-8,11,17H,9-10,12-13H2,1H3/t17-/m0/s1. The van der Waals surface area contributed by atoms with Crippen molar-refractivity contribution >= 4 is 9.84 Å². The van der Waals surface area contributed by atoms with E-state index in [1.807, 2.05) is 30.5 Å². The van der Waals surface area contributed by atoms with Crippen LogP contribution in [0.3, 0.4) is 0 Å². The summed E-state index contributed by atoms with van der Waals surface area (Å²) in [5.41, 5.74) is 2.19. The summed E-state index contributed by atoms with van der Waals surface area (Å²) >= 11 is 0. The molecule has 0 unspecified atom stereocenters. The second-order valence-corrected chi connectivity index (χ2v) is 7.81. The zero-order chi connectivity index (χ0) is 16.3. The molecule has 0 radical (unpaired) electrons. The Morgan fingerprint density at radius 2 is 2.04 bits per heavy atom. The van der Waals surface area contributed by atoms with Gasteiger partial charge in [0.25, 0.3) is 0 Å². The van der Waals surface area contributed by atoms with Gasteiger partial charge in [-0.3, -0.25) is 9.88 Å². The van der Waals surface area contributed by atoms with Gasteiger partial charge in [-0.2, -0.15) is 0 Å². The highest BCUT2D eigenvalue weighted by atomic mass is 32.2. The molecular formula is C17H20N2O3S. The maximum Gasteiger partial charge on any atom is 0.175 e. The van der Waals surface area contributed by atoms with Crippen LogP contribution in [0.2, 0.25) is 0 Å². The Kier molecular flexibility index (Phi) is 4.75. The highest BCUT2D eigenvalue weighted by molar-refractivity contribution is 7.90. The molecular weight excluding hydrogens is 312 g/mol. The lowest BCUT2D eigenvalue weighted by atomic mass is 10.1. The third kappa shape index (κ3) is 4.16. The minimum Gasteiger partial charge on any atom is -0.371 e. The number of pyridine rings is 1. The fourth-order valence-electron chi connectivity index (χ4n) is 2.71. The maximum atomic E-state index is 11.5. The minimum atomic E-state index is -3.14. The van der Waals surface area contributed by atoms with Gasteiger partial charge in [0.05, 0.1) is 17.6 Å². The Balaban J connectivity index is 1.66.